The highest BCUT2D eigenvalue weighted by Crippen LogP contribution is 2.64. The van der Waals surface area contributed by atoms with Crippen LogP contribution < -0.4 is 4.90 Å². The van der Waals surface area contributed by atoms with Crippen LogP contribution in [-0.4, -0.2) is 0 Å². The van der Waals surface area contributed by atoms with Gasteiger partial charge in [0.25, 0.3) is 0 Å². The second-order valence-corrected chi connectivity index (χ2v) is 16.4. The van der Waals surface area contributed by atoms with Crippen LogP contribution in [-0.2, 0) is 10.8 Å². The lowest BCUT2D eigenvalue weighted by atomic mass is 9.61. The number of anilines is 3. The molecule has 272 valence electrons. The van der Waals surface area contributed by atoms with E-state index in [2.05, 4.69) is 225 Å². The summed E-state index contributed by atoms with van der Waals surface area (Å²) in [4.78, 5) is 2.60. The minimum absolute atomic E-state index is 0.213. The van der Waals surface area contributed by atoms with Gasteiger partial charge in [-0.25, -0.2) is 0 Å². The van der Waals surface area contributed by atoms with E-state index in [9.17, 15) is 0 Å². The molecule has 3 aliphatic carbocycles. The maximum atomic E-state index is 2.60. The standard InChI is InChI=1S/C56H43N/c1-55(2)48-30-16-14-27-45(48)46-29-18-32-50(53(46)55)57(43-35-33-39(34-36-43)38-19-6-3-7-20-38)51-37-40-21-12-13-26-44(40)54-52(51)47-28-15-17-31-49(47)56(54,41-22-8-4-9-23-41)42-24-10-5-11-25-42/h3-24,26-37,42H,25H2,1-2H3. The molecule has 0 aliphatic heterocycles. The summed E-state index contributed by atoms with van der Waals surface area (Å²) in [5.74, 6) is 0.221. The molecule has 0 aromatic heterocycles. The largest absolute Gasteiger partial charge is 0.310 e. The Morgan fingerprint density at radius 1 is 0.509 bits per heavy atom. The summed E-state index contributed by atoms with van der Waals surface area (Å²) < 4.78 is 0. The number of benzene rings is 8. The van der Waals surface area contributed by atoms with Gasteiger partial charge in [0.05, 0.1) is 16.8 Å². The maximum absolute atomic E-state index is 2.60. The highest BCUT2D eigenvalue weighted by Gasteiger charge is 2.51. The van der Waals surface area contributed by atoms with Crippen molar-refractivity contribution in [1.29, 1.82) is 0 Å². The van der Waals surface area contributed by atoms with Crippen molar-refractivity contribution >= 4 is 27.8 Å². The number of hydrogen-bond acceptors (Lipinski definition) is 1. The summed E-state index contributed by atoms with van der Waals surface area (Å²) in [5, 5.41) is 2.56. The molecule has 1 heteroatoms. The molecule has 57 heavy (non-hydrogen) atoms. The molecule has 0 bridgehead atoms. The molecular weight excluding hydrogens is 687 g/mol. The number of fused-ring (bicyclic) bond motifs is 8. The van der Waals surface area contributed by atoms with Gasteiger partial charge in [0.2, 0.25) is 0 Å². The second kappa shape index (κ2) is 12.9. The average molecular weight is 730 g/mol. The van der Waals surface area contributed by atoms with E-state index in [0.29, 0.717) is 0 Å². The first-order chi connectivity index (χ1) is 28.1. The summed E-state index contributed by atoms with van der Waals surface area (Å²) >= 11 is 0. The highest BCUT2D eigenvalue weighted by atomic mass is 15.2. The average Bonchev–Trinajstić information content (AvgIpc) is 3.72. The van der Waals surface area contributed by atoms with Crippen LogP contribution >= 0.6 is 0 Å². The quantitative estimate of drug-likeness (QED) is 0.165. The zero-order valence-corrected chi connectivity index (χ0v) is 32.4. The molecule has 0 N–H and O–H groups in total. The van der Waals surface area contributed by atoms with Crippen molar-refractivity contribution in [3.05, 3.63) is 234 Å². The van der Waals surface area contributed by atoms with Crippen molar-refractivity contribution in [2.75, 3.05) is 4.90 Å². The van der Waals surface area contributed by atoms with E-state index in [4.69, 9.17) is 0 Å². The third-order valence-electron chi connectivity index (χ3n) is 13.1. The Labute approximate surface area is 335 Å². The van der Waals surface area contributed by atoms with Crippen LogP contribution in [0.3, 0.4) is 0 Å². The van der Waals surface area contributed by atoms with E-state index >= 15 is 0 Å². The van der Waals surface area contributed by atoms with E-state index in [-0.39, 0.29) is 11.3 Å². The van der Waals surface area contributed by atoms with Gasteiger partial charge in [-0.3, -0.25) is 0 Å². The van der Waals surface area contributed by atoms with Gasteiger partial charge in [-0.05, 0) is 103 Å². The van der Waals surface area contributed by atoms with Crippen LogP contribution in [0.5, 0.6) is 0 Å². The summed E-state index contributed by atoms with van der Waals surface area (Å²) in [5.41, 5.74) is 17.5. The summed E-state index contributed by atoms with van der Waals surface area (Å²) in [7, 11) is 0. The predicted octanol–water partition coefficient (Wildman–Crippen LogP) is 14.7. The van der Waals surface area contributed by atoms with Crippen molar-refractivity contribution in [3.8, 4) is 33.4 Å². The van der Waals surface area contributed by atoms with Crippen molar-refractivity contribution in [1.82, 2.24) is 0 Å². The van der Waals surface area contributed by atoms with Crippen LogP contribution in [0.2, 0.25) is 0 Å². The third-order valence-corrected chi connectivity index (χ3v) is 13.1. The van der Waals surface area contributed by atoms with Crippen molar-refractivity contribution in [2.45, 2.75) is 31.1 Å². The Balaban J connectivity index is 1.27. The first-order valence-electron chi connectivity index (χ1n) is 20.3. The number of rotatable bonds is 6. The zero-order valence-electron chi connectivity index (χ0n) is 32.4. The second-order valence-electron chi connectivity index (χ2n) is 16.4. The van der Waals surface area contributed by atoms with Gasteiger partial charge in [0, 0.05) is 16.7 Å². The fourth-order valence-electron chi connectivity index (χ4n) is 10.7. The lowest BCUT2D eigenvalue weighted by Crippen LogP contribution is -2.35. The van der Waals surface area contributed by atoms with E-state index in [1.165, 1.54) is 83.3 Å². The van der Waals surface area contributed by atoms with Crippen LogP contribution in [0, 0.1) is 5.92 Å². The Hall–Kier alpha value is -6.70. The topological polar surface area (TPSA) is 3.24 Å². The van der Waals surface area contributed by atoms with Crippen molar-refractivity contribution in [3.63, 3.8) is 0 Å². The Morgan fingerprint density at radius 2 is 1.16 bits per heavy atom. The number of allylic oxidation sites excluding steroid dienone is 4. The minimum Gasteiger partial charge on any atom is -0.310 e. The van der Waals surface area contributed by atoms with Gasteiger partial charge in [-0.1, -0.05) is 196 Å². The molecule has 0 saturated carbocycles. The van der Waals surface area contributed by atoms with Gasteiger partial charge in [-0.2, -0.15) is 0 Å². The lowest BCUT2D eigenvalue weighted by molar-refractivity contribution is 0.460. The van der Waals surface area contributed by atoms with E-state index in [1.54, 1.807) is 0 Å². The molecule has 0 spiro atoms. The van der Waals surface area contributed by atoms with Gasteiger partial charge in [-0.15, -0.1) is 0 Å². The molecule has 0 radical (unpaired) electrons. The first kappa shape index (κ1) is 33.6. The molecule has 0 amide bonds. The number of nitrogens with zero attached hydrogens (tertiary/aromatic N) is 1. The fraction of sp³-hybridized carbons (Fsp3) is 0.107. The van der Waals surface area contributed by atoms with Gasteiger partial charge in [0.1, 0.15) is 0 Å². The molecule has 0 saturated heterocycles. The first-order valence-corrected chi connectivity index (χ1v) is 20.3. The van der Waals surface area contributed by atoms with Crippen molar-refractivity contribution in [2.24, 2.45) is 5.92 Å². The molecular formula is C56H43N. The monoisotopic (exact) mass is 729 g/mol. The molecule has 8 aromatic carbocycles. The molecule has 8 aromatic rings. The van der Waals surface area contributed by atoms with Crippen LogP contribution in [0.4, 0.5) is 17.1 Å². The molecule has 2 atom stereocenters. The van der Waals surface area contributed by atoms with Gasteiger partial charge < -0.3 is 4.90 Å². The smallest absolute Gasteiger partial charge is 0.0549 e. The van der Waals surface area contributed by atoms with Crippen LogP contribution in [0.1, 0.15) is 48.1 Å². The van der Waals surface area contributed by atoms with E-state index < -0.39 is 5.41 Å². The van der Waals surface area contributed by atoms with Crippen molar-refractivity contribution < 1.29 is 0 Å². The fourth-order valence-corrected chi connectivity index (χ4v) is 10.7. The molecule has 2 unspecified atom stereocenters. The minimum atomic E-state index is -0.416. The molecule has 1 nitrogen and oxygen atoms in total. The molecule has 3 aliphatic rings. The highest BCUT2D eigenvalue weighted by molar-refractivity contribution is 6.07. The Kier molecular flexibility index (Phi) is 7.63. The summed E-state index contributed by atoms with van der Waals surface area (Å²) in [6.45, 7) is 4.81. The molecule has 11 rings (SSSR count). The summed E-state index contributed by atoms with van der Waals surface area (Å²) in [6.07, 6.45) is 10.3. The van der Waals surface area contributed by atoms with Crippen LogP contribution in [0.15, 0.2) is 206 Å². The third kappa shape index (κ3) is 4.88. The normalized spacial score (nSPS) is 18.2. The zero-order chi connectivity index (χ0) is 38.1. The Bertz CT molecular complexity index is 2900. The Morgan fingerprint density at radius 3 is 1.93 bits per heavy atom. The summed E-state index contributed by atoms with van der Waals surface area (Å²) in [6, 6.07) is 68.1. The van der Waals surface area contributed by atoms with Crippen LogP contribution in [0.25, 0.3) is 44.2 Å². The van der Waals surface area contributed by atoms with Gasteiger partial charge in [0.15, 0.2) is 0 Å². The SMILES string of the molecule is CC1(C)c2ccccc2-c2cccc(N(c3ccc(-c4ccccc4)cc3)c3cc4ccccc4c4c3-c3ccccc3C4(c3ccccc3)C3C=CC=CC3)c21. The molecule has 0 fully saturated rings. The predicted molar refractivity (Wildman–Crippen MR) is 240 cm³/mol. The lowest BCUT2D eigenvalue weighted by Gasteiger charge is -2.41. The van der Waals surface area contributed by atoms with E-state index in [0.717, 1.165) is 12.1 Å². The maximum Gasteiger partial charge on any atom is 0.0549 e. The van der Waals surface area contributed by atoms with E-state index in [1.807, 2.05) is 0 Å². The van der Waals surface area contributed by atoms with Gasteiger partial charge >= 0.3 is 0 Å². The number of hydrogen-bond donors (Lipinski definition) is 0. The molecule has 0 heterocycles.